The van der Waals surface area contributed by atoms with Crippen molar-refractivity contribution in [3.05, 3.63) is 0 Å². The molecule has 0 saturated heterocycles. The second kappa shape index (κ2) is 5.21. The second-order valence-electron chi connectivity index (χ2n) is 4.61. The Labute approximate surface area is 94.8 Å². The molecule has 1 rings (SSSR count). The SMILES string of the molecule is CC(C)[C@@H](C(=O)NC=O)C(=O)C(N)C1CC1. The fourth-order valence-electron chi connectivity index (χ4n) is 1.80. The van der Waals surface area contributed by atoms with Gasteiger partial charge in [0.25, 0.3) is 0 Å². The first-order valence-corrected chi connectivity index (χ1v) is 5.52. The summed E-state index contributed by atoms with van der Waals surface area (Å²) in [4.78, 5) is 33.7. The maximum atomic E-state index is 12.0. The van der Waals surface area contributed by atoms with Gasteiger partial charge in [-0.1, -0.05) is 13.8 Å². The Morgan fingerprint density at radius 3 is 2.31 bits per heavy atom. The highest BCUT2D eigenvalue weighted by atomic mass is 16.2. The lowest BCUT2D eigenvalue weighted by Crippen LogP contribution is -2.46. The second-order valence-corrected chi connectivity index (χ2v) is 4.61. The van der Waals surface area contributed by atoms with Crippen molar-refractivity contribution in [3.8, 4) is 0 Å². The van der Waals surface area contributed by atoms with Gasteiger partial charge in [0.2, 0.25) is 12.3 Å². The highest BCUT2D eigenvalue weighted by molar-refractivity contribution is 6.06. The first-order chi connectivity index (χ1) is 7.49. The fraction of sp³-hybridized carbons (Fsp3) is 0.727. The number of Topliss-reactive ketones (excluding diaryl/α,β-unsaturated/α-hetero) is 1. The van der Waals surface area contributed by atoms with Crippen molar-refractivity contribution in [3.63, 3.8) is 0 Å². The molecule has 0 radical (unpaired) electrons. The zero-order chi connectivity index (χ0) is 12.3. The van der Waals surface area contributed by atoms with Crippen LogP contribution in [0.3, 0.4) is 0 Å². The molecule has 90 valence electrons. The molecule has 1 unspecified atom stereocenters. The number of hydrogen-bond acceptors (Lipinski definition) is 4. The summed E-state index contributed by atoms with van der Waals surface area (Å²) in [5.74, 6) is -1.56. The van der Waals surface area contributed by atoms with E-state index in [1.54, 1.807) is 13.8 Å². The predicted octanol–water partition coefficient (Wildman–Crippen LogP) is -0.162. The summed E-state index contributed by atoms with van der Waals surface area (Å²) in [6.07, 6.45) is 2.20. The third-order valence-electron chi connectivity index (χ3n) is 2.92. The minimum absolute atomic E-state index is 0.155. The van der Waals surface area contributed by atoms with Crippen LogP contribution in [-0.2, 0) is 14.4 Å². The Kier molecular flexibility index (Phi) is 4.18. The van der Waals surface area contributed by atoms with Gasteiger partial charge in [0, 0.05) is 0 Å². The van der Waals surface area contributed by atoms with Gasteiger partial charge >= 0.3 is 0 Å². The van der Waals surface area contributed by atoms with Crippen LogP contribution in [0.4, 0.5) is 0 Å². The summed E-state index contributed by atoms with van der Waals surface area (Å²) in [5, 5.41) is 2.03. The van der Waals surface area contributed by atoms with Crippen LogP contribution in [0.2, 0.25) is 0 Å². The Morgan fingerprint density at radius 1 is 1.38 bits per heavy atom. The lowest BCUT2D eigenvalue weighted by molar-refractivity contribution is -0.137. The van der Waals surface area contributed by atoms with E-state index in [1.807, 2.05) is 5.32 Å². The molecule has 0 heterocycles. The number of carbonyl (C=O) groups is 3. The molecule has 0 aromatic carbocycles. The zero-order valence-electron chi connectivity index (χ0n) is 9.60. The molecular weight excluding hydrogens is 208 g/mol. The van der Waals surface area contributed by atoms with E-state index in [2.05, 4.69) is 0 Å². The van der Waals surface area contributed by atoms with Crippen molar-refractivity contribution in [2.45, 2.75) is 32.7 Å². The van der Waals surface area contributed by atoms with E-state index >= 15 is 0 Å². The Balaban J connectivity index is 2.71. The van der Waals surface area contributed by atoms with E-state index in [0.29, 0.717) is 6.41 Å². The molecule has 3 N–H and O–H groups in total. The minimum atomic E-state index is -0.819. The van der Waals surface area contributed by atoms with E-state index < -0.39 is 17.9 Å². The molecule has 1 aliphatic carbocycles. The molecule has 2 atom stereocenters. The highest BCUT2D eigenvalue weighted by Gasteiger charge is 2.40. The number of nitrogens with two attached hydrogens (primary N) is 1. The van der Waals surface area contributed by atoms with Gasteiger partial charge in [-0.3, -0.25) is 19.7 Å². The van der Waals surface area contributed by atoms with Gasteiger partial charge in [-0.15, -0.1) is 0 Å². The summed E-state index contributed by atoms with van der Waals surface area (Å²) < 4.78 is 0. The average molecular weight is 226 g/mol. The molecule has 1 aliphatic rings. The maximum Gasteiger partial charge on any atom is 0.237 e. The topological polar surface area (TPSA) is 89.3 Å². The van der Waals surface area contributed by atoms with E-state index in [0.717, 1.165) is 12.8 Å². The van der Waals surface area contributed by atoms with Crippen molar-refractivity contribution in [1.82, 2.24) is 5.32 Å². The molecule has 1 fully saturated rings. The Morgan fingerprint density at radius 2 is 1.94 bits per heavy atom. The van der Waals surface area contributed by atoms with Crippen LogP contribution in [-0.4, -0.2) is 24.1 Å². The minimum Gasteiger partial charge on any atom is -0.321 e. The predicted molar refractivity (Wildman–Crippen MR) is 58.2 cm³/mol. The largest absolute Gasteiger partial charge is 0.321 e. The fourth-order valence-corrected chi connectivity index (χ4v) is 1.80. The molecule has 2 amide bonds. The number of amides is 2. The lowest BCUT2D eigenvalue weighted by Gasteiger charge is -2.21. The van der Waals surface area contributed by atoms with Crippen LogP contribution in [0.25, 0.3) is 0 Å². The molecule has 5 nitrogen and oxygen atoms in total. The summed E-state index contributed by atoms with van der Waals surface area (Å²) in [7, 11) is 0. The molecule has 0 aromatic rings. The Bertz CT molecular complexity index is 298. The highest BCUT2D eigenvalue weighted by Crippen LogP contribution is 2.33. The summed E-state index contributed by atoms with van der Waals surface area (Å²) in [6.45, 7) is 3.54. The van der Waals surface area contributed by atoms with Crippen molar-refractivity contribution in [1.29, 1.82) is 0 Å². The van der Waals surface area contributed by atoms with Crippen LogP contribution in [0.1, 0.15) is 26.7 Å². The monoisotopic (exact) mass is 226 g/mol. The van der Waals surface area contributed by atoms with Gasteiger partial charge in [-0.05, 0) is 24.7 Å². The molecular formula is C11H18N2O3. The van der Waals surface area contributed by atoms with E-state index in [4.69, 9.17) is 5.73 Å². The molecule has 0 bridgehead atoms. The quantitative estimate of drug-likeness (QED) is 0.486. The zero-order valence-corrected chi connectivity index (χ0v) is 9.60. The van der Waals surface area contributed by atoms with E-state index in [1.165, 1.54) is 0 Å². The lowest BCUT2D eigenvalue weighted by atomic mass is 9.86. The molecule has 16 heavy (non-hydrogen) atoms. The van der Waals surface area contributed by atoms with Gasteiger partial charge in [-0.25, -0.2) is 0 Å². The van der Waals surface area contributed by atoms with Crippen LogP contribution in [0.5, 0.6) is 0 Å². The number of hydrogen-bond donors (Lipinski definition) is 2. The summed E-state index contributed by atoms with van der Waals surface area (Å²) in [6, 6.07) is -0.565. The van der Waals surface area contributed by atoms with Crippen LogP contribution in [0.15, 0.2) is 0 Å². The number of carbonyl (C=O) groups excluding carboxylic acids is 3. The van der Waals surface area contributed by atoms with Crippen molar-refractivity contribution >= 4 is 18.1 Å². The number of nitrogens with one attached hydrogen (secondary N) is 1. The van der Waals surface area contributed by atoms with Crippen molar-refractivity contribution in [2.24, 2.45) is 23.5 Å². The number of imide groups is 1. The van der Waals surface area contributed by atoms with Crippen LogP contribution >= 0.6 is 0 Å². The summed E-state index contributed by atoms with van der Waals surface area (Å²) >= 11 is 0. The van der Waals surface area contributed by atoms with Gasteiger partial charge in [0.15, 0.2) is 5.78 Å². The average Bonchev–Trinajstić information content (AvgIpc) is 2.99. The maximum absolute atomic E-state index is 12.0. The smallest absolute Gasteiger partial charge is 0.237 e. The Hall–Kier alpha value is -1.23. The van der Waals surface area contributed by atoms with Crippen molar-refractivity contribution < 1.29 is 14.4 Å². The standard InChI is InChI=1S/C11H18N2O3/c1-6(2)8(11(16)13-5-14)10(15)9(12)7-3-4-7/h5-9H,3-4,12H2,1-2H3,(H,13,14,16)/t8-,9?/m1/s1. The van der Waals surface area contributed by atoms with Crippen molar-refractivity contribution in [2.75, 3.05) is 0 Å². The molecule has 5 heteroatoms. The van der Waals surface area contributed by atoms with Crippen LogP contribution in [0, 0.1) is 17.8 Å². The normalized spacial score (nSPS) is 19.0. The summed E-state index contributed by atoms with van der Waals surface area (Å²) in [5.41, 5.74) is 5.78. The molecule has 0 spiro atoms. The van der Waals surface area contributed by atoms with Gasteiger partial charge < -0.3 is 5.73 Å². The van der Waals surface area contributed by atoms with E-state index in [-0.39, 0.29) is 17.6 Å². The number of ketones is 1. The molecule has 0 aliphatic heterocycles. The van der Waals surface area contributed by atoms with Crippen LogP contribution < -0.4 is 11.1 Å². The van der Waals surface area contributed by atoms with Gasteiger partial charge in [-0.2, -0.15) is 0 Å². The van der Waals surface area contributed by atoms with E-state index in [9.17, 15) is 14.4 Å². The first kappa shape index (κ1) is 12.8. The van der Waals surface area contributed by atoms with Gasteiger partial charge in [0.1, 0.15) is 5.92 Å². The molecule has 0 aromatic heterocycles. The first-order valence-electron chi connectivity index (χ1n) is 5.52. The third kappa shape index (κ3) is 2.88. The van der Waals surface area contributed by atoms with Gasteiger partial charge in [0.05, 0.1) is 6.04 Å². The number of rotatable bonds is 6. The third-order valence-corrected chi connectivity index (χ3v) is 2.92. The molecule has 1 saturated carbocycles.